The highest BCUT2D eigenvalue weighted by Gasteiger charge is 2.11. The Morgan fingerprint density at radius 2 is 1.19 bits per heavy atom. The molecular weight excluding hydrogens is 348 g/mol. The maximum atomic E-state index is 12.7. The van der Waals surface area contributed by atoms with Gasteiger partial charge in [0, 0.05) is 32.1 Å². The summed E-state index contributed by atoms with van der Waals surface area (Å²) in [6, 6.07) is 14.9. The molecule has 0 aliphatic rings. The third-order valence-electron chi connectivity index (χ3n) is 4.88. The molecule has 0 atom stereocenters. The summed E-state index contributed by atoms with van der Waals surface area (Å²) in [6.07, 6.45) is 0. The maximum Gasteiger partial charge on any atom is 0.256 e. The molecule has 5 rings (SSSR count). The van der Waals surface area contributed by atoms with Crippen LogP contribution in [-0.4, -0.2) is 9.97 Å². The molecule has 3 aromatic carbocycles. The standard InChI is InChI=1S/C21H13ClN2O2/c1-10-2-4-12-14-8-17-15(9-16(14)20(25)23-18(12)6-10)13-5-3-11(22)7-19(13)24-21(17)26/h2-9H,1H3,(H,23,25)(H,24,26). The zero-order valence-electron chi connectivity index (χ0n) is 13.8. The van der Waals surface area contributed by atoms with Gasteiger partial charge in [-0.15, -0.1) is 0 Å². The van der Waals surface area contributed by atoms with E-state index in [1.54, 1.807) is 18.2 Å². The number of hydrogen-bond donors (Lipinski definition) is 2. The number of hydrogen-bond acceptors (Lipinski definition) is 2. The summed E-state index contributed by atoms with van der Waals surface area (Å²) >= 11 is 6.04. The molecule has 0 bridgehead atoms. The topological polar surface area (TPSA) is 65.7 Å². The van der Waals surface area contributed by atoms with Gasteiger partial charge in [0.05, 0.1) is 5.52 Å². The van der Waals surface area contributed by atoms with Crippen molar-refractivity contribution in [3.05, 3.63) is 79.8 Å². The summed E-state index contributed by atoms with van der Waals surface area (Å²) in [5.74, 6) is 0. The molecule has 0 saturated carbocycles. The lowest BCUT2D eigenvalue weighted by Crippen LogP contribution is -2.10. The number of pyridine rings is 2. The molecule has 5 heteroatoms. The van der Waals surface area contributed by atoms with E-state index in [2.05, 4.69) is 9.97 Å². The number of rotatable bonds is 0. The average Bonchev–Trinajstić information content (AvgIpc) is 2.60. The maximum absolute atomic E-state index is 12.7. The second kappa shape index (κ2) is 5.19. The molecule has 0 unspecified atom stereocenters. The van der Waals surface area contributed by atoms with Gasteiger partial charge < -0.3 is 9.97 Å². The smallest absolute Gasteiger partial charge is 0.256 e. The zero-order valence-corrected chi connectivity index (χ0v) is 14.6. The van der Waals surface area contributed by atoms with E-state index in [0.29, 0.717) is 21.3 Å². The minimum atomic E-state index is -0.197. The van der Waals surface area contributed by atoms with E-state index in [1.165, 1.54) is 0 Å². The van der Waals surface area contributed by atoms with Crippen LogP contribution in [0.1, 0.15) is 5.56 Å². The first kappa shape index (κ1) is 15.2. The second-order valence-corrected chi connectivity index (χ2v) is 7.03. The SMILES string of the molecule is Cc1ccc2c(c1)[nH]c(=O)c1cc3c(cc12)c(=O)[nH]c1cc(Cl)ccc13. The predicted molar refractivity (Wildman–Crippen MR) is 107 cm³/mol. The van der Waals surface area contributed by atoms with Gasteiger partial charge in [-0.3, -0.25) is 9.59 Å². The van der Waals surface area contributed by atoms with Crippen molar-refractivity contribution in [2.45, 2.75) is 6.92 Å². The van der Waals surface area contributed by atoms with Crippen molar-refractivity contribution in [1.29, 1.82) is 0 Å². The third kappa shape index (κ3) is 2.09. The summed E-state index contributed by atoms with van der Waals surface area (Å²) < 4.78 is 0. The molecule has 2 aromatic heterocycles. The molecule has 0 aliphatic carbocycles. The first-order valence-electron chi connectivity index (χ1n) is 8.23. The minimum Gasteiger partial charge on any atom is -0.321 e. The van der Waals surface area contributed by atoms with Crippen LogP contribution in [0, 0.1) is 6.92 Å². The van der Waals surface area contributed by atoms with Crippen LogP contribution in [-0.2, 0) is 0 Å². The van der Waals surface area contributed by atoms with E-state index in [9.17, 15) is 9.59 Å². The lowest BCUT2D eigenvalue weighted by atomic mass is 9.99. The van der Waals surface area contributed by atoms with Crippen molar-refractivity contribution < 1.29 is 0 Å². The summed E-state index contributed by atoms with van der Waals surface area (Å²) in [5.41, 5.74) is 2.13. The molecule has 0 aliphatic heterocycles. The van der Waals surface area contributed by atoms with Crippen molar-refractivity contribution in [2.24, 2.45) is 0 Å². The quantitative estimate of drug-likeness (QED) is 0.312. The molecule has 26 heavy (non-hydrogen) atoms. The monoisotopic (exact) mass is 360 g/mol. The van der Waals surface area contributed by atoms with Gasteiger partial charge in [-0.05, 0) is 53.6 Å². The zero-order chi connectivity index (χ0) is 18.0. The summed E-state index contributed by atoms with van der Waals surface area (Å²) in [7, 11) is 0. The molecule has 0 radical (unpaired) electrons. The van der Waals surface area contributed by atoms with Gasteiger partial charge in [-0.25, -0.2) is 0 Å². The van der Waals surface area contributed by atoms with Crippen LogP contribution in [0.5, 0.6) is 0 Å². The number of aromatic amines is 2. The Labute approximate surface area is 152 Å². The molecular formula is C21H13ClN2O2. The van der Waals surface area contributed by atoms with Crippen molar-refractivity contribution in [3.8, 4) is 0 Å². The van der Waals surface area contributed by atoms with E-state index in [4.69, 9.17) is 11.6 Å². The van der Waals surface area contributed by atoms with E-state index in [0.717, 1.165) is 32.6 Å². The molecule has 2 N–H and O–H groups in total. The number of aromatic nitrogens is 2. The fourth-order valence-corrected chi connectivity index (χ4v) is 3.82. The van der Waals surface area contributed by atoms with Gasteiger partial charge in [0.25, 0.3) is 11.1 Å². The highest BCUT2D eigenvalue weighted by atomic mass is 35.5. The Hall–Kier alpha value is -3.11. The number of nitrogens with one attached hydrogen (secondary N) is 2. The number of fused-ring (bicyclic) bond motifs is 6. The Kier molecular flexibility index (Phi) is 3.03. The molecule has 126 valence electrons. The highest BCUT2D eigenvalue weighted by molar-refractivity contribution is 6.31. The molecule has 0 fully saturated rings. The average molecular weight is 361 g/mol. The molecule has 5 aromatic rings. The highest BCUT2D eigenvalue weighted by Crippen LogP contribution is 2.29. The Balaban J connectivity index is 2.06. The van der Waals surface area contributed by atoms with Crippen LogP contribution >= 0.6 is 11.6 Å². The van der Waals surface area contributed by atoms with Gasteiger partial charge in [0.2, 0.25) is 0 Å². The predicted octanol–water partition coefficient (Wildman–Crippen LogP) is 4.64. The van der Waals surface area contributed by atoms with Crippen molar-refractivity contribution in [3.63, 3.8) is 0 Å². The summed E-state index contributed by atoms with van der Waals surface area (Å²) in [6.45, 7) is 1.98. The van der Waals surface area contributed by atoms with Crippen LogP contribution < -0.4 is 11.1 Å². The van der Waals surface area contributed by atoms with E-state index < -0.39 is 0 Å². The second-order valence-electron chi connectivity index (χ2n) is 6.59. The number of H-pyrrole nitrogens is 2. The molecule has 2 heterocycles. The molecule has 0 saturated heterocycles. The number of aryl methyl sites for hydroxylation is 1. The largest absolute Gasteiger partial charge is 0.321 e. The van der Waals surface area contributed by atoms with E-state index >= 15 is 0 Å². The first-order chi connectivity index (χ1) is 12.5. The third-order valence-corrected chi connectivity index (χ3v) is 5.12. The van der Waals surface area contributed by atoms with Crippen LogP contribution in [0.2, 0.25) is 5.02 Å². The lowest BCUT2D eigenvalue weighted by molar-refractivity contribution is 1.33. The van der Waals surface area contributed by atoms with E-state index in [1.807, 2.05) is 37.3 Å². The van der Waals surface area contributed by atoms with Gasteiger partial charge in [0.1, 0.15) is 0 Å². The normalized spacial score (nSPS) is 11.8. The Morgan fingerprint density at radius 1 is 0.654 bits per heavy atom. The van der Waals surface area contributed by atoms with E-state index in [-0.39, 0.29) is 11.1 Å². The Bertz CT molecular complexity index is 1380. The number of halogens is 1. The lowest BCUT2D eigenvalue weighted by Gasteiger charge is -2.09. The minimum absolute atomic E-state index is 0.164. The van der Waals surface area contributed by atoms with Gasteiger partial charge in [-0.1, -0.05) is 29.8 Å². The van der Waals surface area contributed by atoms with Crippen LogP contribution in [0.25, 0.3) is 43.4 Å². The fourth-order valence-electron chi connectivity index (χ4n) is 3.65. The number of benzene rings is 3. The van der Waals surface area contributed by atoms with Crippen molar-refractivity contribution in [2.75, 3.05) is 0 Å². The molecule has 0 spiro atoms. The van der Waals surface area contributed by atoms with Crippen molar-refractivity contribution >= 4 is 55.0 Å². The first-order valence-corrected chi connectivity index (χ1v) is 8.61. The summed E-state index contributed by atoms with van der Waals surface area (Å²) in [4.78, 5) is 31.1. The summed E-state index contributed by atoms with van der Waals surface area (Å²) in [5, 5.41) is 4.96. The molecule has 4 nitrogen and oxygen atoms in total. The van der Waals surface area contributed by atoms with Gasteiger partial charge in [0.15, 0.2) is 0 Å². The van der Waals surface area contributed by atoms with Crippen molar-refractivity contribution in [1.82, 2.24) is 9.97 Å². The van der Waals surface area contributed by atoms with Crippen LogP contribution in [0.15, 0.2) is 58.1 Å². The van der Waals surface area contributed by atoms with Crippen LogP contribution in [0.4, 0.5) is 0 Å². The van der Waals surface area contributed by atoms with Gasteiger partial charge >= 0.3 is 0 Å². The molecule has 0 amide bonds. The van der Waals surface area contributed by atoms with Gasteiger partial charge in [-0.2, -0.15) is 0 Å². The fraction of sp³-hybridized carbons (Fsp3) is 0.0476. The van der Waals surface area contributed by atoms with Crippen LogP contribution in [0.3, 0.4) is 0 Å². The Morgan fingerprint density at radius 3 is 1.81 bits per heavy atom.